The molecule has 10 nitrogen and oxygen atoms in total. The van der Waals surface area contributed by atoms with Crippen molar-refractivity contribution in [2.24, 2.45) is 14.1 Å². The van der Waals surface area contributed by atoms with Gasteiger partial charge in [0.15, 0.2) is 0 Å². The van der Waals surface area contributed by atoms with Crippen LogP contribution in [0.5, 0.6) is 6.01 Å². The van der Waals surface area contributed by atoms with E-state index < -0.39 is 17.8 Å². The van der Waals surface area contributed by atoms with Crippen LogP contribution in [0.2, 0.25) is 0 Å². The first kappa shape index (κ1) is 23.3. The van der Waals surface area contributed by atoms with Crippen LogP contribution in [0.4, 0.5) is 0 Å². The Bertz CT molecular complexity index is 1390. The van der Waals surface area contributed by atoms with Gasteiger partial charge >= 0.3 is 17.7 Å². The summed E-state index contributed by atoms with van der Waals surface area (Å²) in [5, 5.41) is 20.5. The first-order valence-electron chi connectivity index (χ1n) is 10.2. The van der Waals surface area contributed by atoms with Gasteiger partial charge in [-0.1, -0.05) is 48.2 Å². The second-order valence-electron chi connectivity index (χ2n) is 7.29. The second-order valence-corrected chi connectivity index (χ2v) is 8.35. The molecule has 0 aliphatic rings. The third-order valence-corrected chi connectivity index (χ3v) is 6.35. The third kappa shape index (κ3) is 4.11. The lowest BCUT2D eigenvalue weighted by molar-refractivity contribution is 0.0591. The van der Waals surface area contributed by atoms with Crippen molar-refractivity contribution in [3.05, 3.63) is 81.9 Å². The van der Waals surface area contributed by atoms with Crippen LogP contribution in [-0.2, 0) is 18.8 Å². The van der Waals surface area contributed by atoms with Crippen LogP contribution in [0.3, 0.4) is 0 Å². The van der Waals surface area contributed by atoms with Crippen LogP contribution < -0.4 is 10.4 Å². The average molecular weight is 482 g/mol. The van der Waals surface area contributed by atoms with E-state index in [1.165, 1.54) is 42.3 Å². The van der Waals surface area contributed by atoms with Crippen molar-refractivity contribution in [2.45, 2.75) is 16.0 Å². The molecule has 1 atom stereocenters. The predicted molar refractivity (Wildman–Crippen MR) is 125 cm³/mol. The number of aromatic nitrogens is 5. The van der Waals surface area contributed by atoms with E-state index in [9.17, 15) is 14.7 Å². The van der Waals surface area contributed by atoms with Crippen LogP contribution in [0.15, 0.2) is 69.3 Å². The number of aliphatic hydroxyl groups is 1. The Morgan fingerprint density at radius 2 is 1.68 bits per heavy atom. The summed E-state index contributed by atoms with van der Waals surface area (Å²) >= 11 is 1.33. The van der Waals surface area contributed by atoms with E-state index in [1.807, 2.05) is 30.3 Å². The third-order valence-electron chi connectivity index (χ3n) is 5.18. The number of benzene rings is 2. The molecule has 0 radical (unpaired) electrons. The Morgan fingerprint density at radius 3 is 2.35 bits per heavy atom. The Balaban J connectivity index is 1.87. The van der Waals surface area contributed by atoms with Gasteiger partial charge in [-0.25, -0.2) is 18.8 Å². The molecule has 4 aromatic rings. The van der Waals surface area contributed by atoms with Crippen molar-refractivity contribution in [3.8, 4) is 11.7 Å². The van der Waals surface area contributed by atoms with E-state index in [1.54, 1.807) is 31.3 Å². The summed E-state index contributed by atoms with van der Waals surface area (Å²) in [4.78, 5) is 26.5. The molecular formula is C23H23N5O5S. The van der Waals surface area contributed by atoms with Gasteiger partial charge in [0.1, 0.15) is 22.4 Å². The van der Waals surface area contributed by atoms with E-state index >= 15 is 0 Å². The maximum Gasteiger partial charge on any atom is 0.353 e. The quantitative estimate of drug-likeness (QED) is 0.400. The van der Waals surface area contributed by atoms with Gasteiger partial charge < -0.3 is 14.6 Å². The van der Waals surface area contributed by atoms with Gasteiger partial charge in [0.05, 0.1) is 19.9 Å². The molecule has 2 aromatic carbocycles. The molecule has 0 aliphatic carbocycles. The number of methoxy groups -OCH3 is 2. The van der Waals surface area contributed by atoms with Gasteiger partial charge in [-0.3, -0.25) is 4.68 Å². The number of nitrogens with zero attached hydrogens (tertiary/aromatic N) is 5. The maximum atomic E-state index is 12.8. The molecule has 4 rings (SSSR count). The highest BCUT2D eigenvalue weighted by atomic mass is 32.2. The summed E-state index contributed by atoms with van der Waals surface area (Å²) in [6, 6.07) is 16.3. The number of hydrogen-bond acceptors (Lipinski definition) is 8. The molecule has 0 aliphatic heterocycles. The van der Waals surface area contributed by atoms with Gasteiger partial charge in [-0.15, -0.1) is 5.10 Å². The number of aliphatic hydroxyl groups excluding tert-OH is 1. The fraction of sp³-hybridized carbons (Fsp3) is 0.217. The first-order valence-corrected chi connectivity index (χ1v) is 11.0. The number of aryl methyl sites for hydroxylation is 2. The first-order chi connectivity index (χ1) is 16.4. The Hall–Kier alpha value is -3.83. The zero-order valence-corrected chi connectivity index (χ0v) is 19.8. The van der Waals surface area contributed by atoms with Crippen molar-refractivity contribution in [3.63, 3.8) is 0 Å². The lowest BCUT2D eigenvalue weighted by Gasteiger charge is -2.16. The summed E-state index contributed by atoms with van der Waals surface area (Å²) in [6.07, 6.45) is -1.35. The number of esters is 1. The Kier molecular flexibility index (Phi) is 6.57. The SMILES string of the molecule is COC(=O)c1c(C(O)c2ccccc2-n2c(OC)nn(C)c2=O)nn(C)c1Sc1ccccc1. The summed E-state index contributed by atoms with van der Waals surface area (Å²) in [5.74, 6) is -0.630. The number of rotatable bonds is 7. The molecule has 0 saturated carbocycles. The molecule has 0 bridgehead atoms. The lowest BCUT2D eigenvalue weighted by Crippen LogP contribution is -2.23. The van der Waals surface area contributed by atoms with E-state index in [2.05, 4.69) is 10.2 Å². The van der Waals surface area contributed by atoms with E-state index in [0.717, 1.165) is 9.58 Å². The van der Waals surface area contributed by atoms with Gasteiger partial charge in [0.25, 0.3) is 0 Å². The van der Waals surface area contributed by atoms with Gasteiger partial charge in [-0.05, 0) is 18.2 Å². The highest BCUT2D eigenvalue weighted by Gasteiger charge is 2.31. The van der Waals surface area contributed by atoms with Gasteiger partial charge in [0.2, 0.25) is 0 Å². The topological polar surface area (TPSA) is 113 Å². The number of ether oxygens (including phenoxy) is 2. The predicted octanol–water partition coefficient (Wildman–Crippen LogP) is 2.33. The minimum atomic E-state index is -1.35. The van der Waals surface area contributed by atoms with Crippen LogP contribution in [0.1, 0.15) is 27.7 Å². The summed E-state index contributed by atoms with van der Waals surface area (Å²) < 4.78 is 14.2. The van der Waals surface area contributed by atoms with Crippen LogP contribution in [-0.4, -0.2) is 49.4 Å². The minimum Gasteiger partial charge on any atom is -0.467 e. The molecule has 34 heavy (non-hydrogen) atoms. The smallest absolute Gasteiger partial charge is 0.353 e. The van der Waals surface area contributed by atoms with E-state index in [4.69, 9.17) is 9.47 Å². The van der Waals surface area contributed by atoms with Crippen molar-refractivity contribution in [2.75, 3.05) is 14.2 Å². The standard InChI is InChI=1S/C23H23N5O5S/c1-26-20(34-14-10-6-5-7-11-14)17(21(30)32-3)18(24-26)19(29)15-12-8-9-13-16(15)28-22(33-4)25-27(2)23(28)31/h5-13,19,29H,1-4H3. The largest absolute Gasteiger partial charge is 0.467 e. The van der Waals surface area contributed by atoms with Crippen LogP contribution >= 0.6 is 11.8 Å². The number of carbonyl (C=O) groups is 1. The van der Waals surface area contributed by atoms with Crippen molar-refractivity contribution >= 4 is 17.7 Å². The zero-order chi connectivity index (χ0) is 24.4. The Morgan fingerprint density at radius 1 is 1.00 bits per heavy atom. The molecule has 0 fully saturated rings. The average Bonchev–Trinajstić information content (AvgIpc) is 3.34. The molecule has 0 amide bonds. The zero-order valence-electron chi connectivity index (χ0n) is 19.0. The molecule has 176 valence electrons. The highest BCUT2D eigenvalue weighted by Crippen LogP contribution is 2.37. The van der Waals surface area contributed by atoms with Crippen LogP contribution in [0, 0.1) is 0 Å². The minimum absolute atomic E-state index is 0.0571. The second kappa shape index (κ2) is 9.57. The molecule has 0 saturated heterocycles. The highest BCUT2D eigenvalue weighted by molar-refractivity contribution is 7.99. The molecule has 1 unspecified atom stereocenters. The molecule has 2 heterocycles. The number of hydrogen-bond donors (Lipinski definition) is 1. The monoisotopic (exact) mass is 481 g/mol. The molecule has 2 aromatic heterocycles. The molecule has 1 N–H and O–H groups in total. The van der Waals surface area contributed by atoms with Gasteiger partial charge in [0, 0.05) is 24.6 Å². The van der Waals surface area contributed by atoms with E-state index in [-0.39, 0.29) is 17.3 Å². The summed E-state index contributed by atoms with van der Waals surface area (Å²) in [7, 11) is 5.87. The number of para-hydroxylation sites is 1. The van der Waals surface area contributed by atoms with Gasteiger partial charge in [-0.2, -0.15) is 5.10 Å². The number of carbonyl (C=O) groups excluding carboxylic acids is 1. The van der Waals surface area contributed by atoms with Crippen molar-refractivity contribution in [1.82, 2.24) is 24.1 Å². The van der Waals surface area contributed by atoms with E-state index in [0.29, 0.717) is 16.3 Å². The summed E-state index contributed by atoms with van der Waals surface area (Å²) in [6.45, 7) is 0. The van der Waals surface area contributed by atoms with Crippen LogP contribution in [0.25, 0.3) is 5.69 Å². The van der Waals surface area contributed by atoms with Crippen molar-refractivity contribution < 1.29 is 19.4 Å². The molecule has 0 spiro atoms. The maximum absolute atomic E-state index is 12.8. The molecular weight excluding hydrogens is 458 g/mol. The fourth-order valence-corrected chi connectivity index (χ4v) is 4.56. The fourth-order valence-electron chi connectivity index (χ4n) is 3.58. The summed E-state index contributed by atoms with van der Waals surface area (Å²) in [5.41, 5.74) is 0.493. The normalized spacial score (nSPS) is 11.9. The lowest BCUT2D eigenvalue weighted by atomic mass is 10.0. The van der Waals surface area contributed by atoms with Crippen molar-refractivity contribution in [1.29, 1.82) is 0 Å². The Labute approximate surface area is 199 Å². The molecule has 11 heteroatoms.